The normalized spacial score (nSPS) is 26.0. The average Bonchev–Trinajstić information content (AvgIpc) is 3.15. The van der Waals surface area contributed by atoms with E-state index >= 15 is 0 Å². The lowest BCUT2D eigenvalue weighted by atomic mass is 10.2. The van der Waals surface area contributed by atoms with Crippen molar-refractivity contribution < 1.29 is 23.4 Å². The molecule has 0 aliphatic carbocycles. The van der Waals surface area contributed by atoms with Gasteiger partial charge in [-0.05, 0) is 29.3 Å². The van der Waals surface area contributed by atoms with Gasteiger partial charge in [0.25, 0.3) is 8.32 Å². The Labute approximate surface area is 179 Å². The fourth-order valence-electron chi connectivity index (χ4n) is 4.52. The Kier molecular flexibility index (Phi) is 5.49. The van der Waals surface area contributed by atoms with Crippen LogP contribution in [0.25, 0.3) is 0 Å². The van der Waals surface area contributed by atoms with E-state index in [1.54, 1.807) is 13.8 Å². The van der Waals surface area contributed by atoms with Crippen molar-refractivity contribution in [3.8, 4) is 0 Å². The molecule has 160 valence electrons. The molecule has 6 heteroatoms. The van der Waals surface area contributed by atoms with E-state index in [4.69, 9.17) is 18.6 Å². The summed E-state index contributed by atoms with van der Waals surface area (Å²) in [5.41, 5.74) is 0. The van der Waals surface area contributed by atoms with Gasteiger partial charge in [-0.2, -0.15) is 0 Å². The third-order valence-corrected chi connectivity index (χ3v) is 10.8. The zero-order chi connectivity index (χ0) is 21.6. The number of carbonyl (C=O) groups excluding carboxylic acids is 1. The van der Waals surface area contributed by atoms with E-state index in [1.165, 1.54) is 10.4 Å². The van der Waals surface area contributed by atoms with Gasteiger partial charge in [0, 0.05) is 0 Å². The van der Waals surface area contributed by atoms with Crippen LogP contribution in [0.3, 0.4) is 0 Å². The molecule has 30 heavy (non-hydrogen) atoms. The molecule has 2 saturated heterocycles. The topological polar surface area (TPSA) is 54.0 Å². The Morgan fingerprint density at radius 2 is 1.47 bits per heavy atom. The number of benzene rings is 2. The first-order valence-electron chi connectivity index (χ1n) is 10.4. The highest BCUT2D eigenvalue weighted by molar-refractivity contribution is 6.99. The number of ether oxygens (including phenoxy) is 3. The maximum absolute atomic E-state index is 12.9. The van der Waals surface area contributed by atoms with Crippen molar-refractivity contribution in [2.24, 2.45) is 0 Å². The molecule has 4 rings (SSSR count). The lowest BCUT2D eigenvalue weighted by Gasteiger charge is -2.43. The van der Waals surface area contributed by atoms with Gasteiger partial charge in [-0.1, -0.05) is 81.4 Å². The third-order valence-electron chi connectivity index (χ3n) is 5.82. The van der Waals surface area contributed by atoms with Crippen LogP contribution >= 0.6 is 0 Å². The number of rotatable bonds is 5. The first-order valence-corrected chi connectivity index (χ1v) is 12.3. The molecule has 2 aromatic rings. The fourth-order valence-corrected chi connectivity index (χ4v) is 9.07. The minimum Gasteiger partial charge on any atom is -0.404 e. The van der Waals surface area contributed by atoms with Crippen molar-refractivity contribution in [1.29, 1.82) is 0 Å². The minimum absolute atomic E-state index is 0.108. The van der Waals surface area contributed by atoms with E-state index in [2.05, 4.69) is 45.0 Å². The lowest BCUT2D eigenvalue weighted by Crippen LogP contribution is -2.67. The minimum atomic E-state index is -2.72. The summed E-state index contributed by atoms with van der Waals surface area (Å²) in [6, 6.07) is 20.7. The predicted octanol–water partition coefficient (Wildman–Crippen LogP) is 3.01. The molecule has 0 amide bonds. The van der Waals surface area contributed by atoms with Gasteiger partial charge in [0.15, 0.2) is 24.0 Å². The van der Waals surface area contributed by atoms with E-state index in [0.717, 1.165) is 0 Å². The highest BCUT2D eigenvalue weighted by Gasteiger charge is 2.56. The molecular formula is C24H30O5Si. The Morgan fingerprint density at radius 1 is 0.933 bits per heavy atom. The molecule has 3 atom stereocenters. The van der Waals surface area contributed by atoms with Crippen LogP contribution in [0.1, 0.15) is 34.6 Å². The standard InChI is InChI=1S/C24H30O5Si/c1-23(2,3)30(17-12-8-6-9-13-17,18-14-10-7-11-15-18)26-16-19-20(25)21-22(27-19)29-24(4,5)28-21/h6-15,19,21-22H,16H2,1-5H3/t19-,21?,22?/m1/s1. The Bertz CT molecular complexity index is 851. The number of hydrogen-bond donors (Lipinski definition) is 0. The van der Waals surface area contributed by atoms with Crippen molar-refractivity contribution in [2.75, 3.05) is 6.61 Å². The SMILES string of the molecule is CC1(C)OC2O[C@H](CO[Si](c3ccccc3)(c3ccccc3)C(C)(C)C)C(=O)C2O1. The highest BCUT2D eigenvalue weighted by atomic mass is 28.4. The van der Waals surface area contributed by atoms with Gasteiger partial charge in [-0.3, -0.25) is 4.79 Å². The molecule has 0 aromatic heterocycles. The summed E-state index contributed by atoms with van der Waals surface area (Å²) >= 11 is 0. The maximum Gasteiger partial charge on any atom is 0.261 e. The van der Waals surface area contributed by atoms with E-state index < -0.39 is 32.6 Å². The van der Waals surface area contributed by atoms with Crippen LogP contribution in [0.2, 0.25) is 5.04 Å². The molecular weight excluding hydrogens is 396 g/mol. The maximum atomic E-state index is 12.9. The zero-order valence-electron chi connectivity index (χ0n) is 18.3. The monoisotopic (exact) mass is 426 g/mol. The van der Waals surface area contributed by atoms with Crippen molar-refractivity contribution in [1.82, 2.24) is 0 Å². The van der Waals surface area contributed by atoms with Crippen molar-refractivity contribution in [2.45, 2.75) is 63.9 Å². The third kappa shape index (κ3) is 3.67. The van der Waals surface area contributed by atoms with Crippen molar-refractivity contribution in [3.05, 3.63) is 60.7 Å². The number of ketones is 1. The Balaban J connectivity index is 1.66. The van der Waals surface area contributed by atoms with Gasteiger partial charge >= 0.3 is 0 Å². The summed E-state index contributed by atoms with van der Waals surface area (Å²) in [7, 11) is -2.72. The zero-order valence-corrected chi connectivity index (χ0v) is 19.3. The van der Waals surface area contributed by atoms with Crippen LogP contribution in [0.5, 0.6) is 0 Å². The van der Waals surface area contributed by atoms with E-state index in [-0.39, 0.29) is 17.4 Å². The van der Waals surface area contributed by atoms with Crippen LogP contribution in [-0.2, 0) is 23.4 Å². The van der Waals surface area contributed by atoms with Crippen LogP contribution < -0.4 is 10.4 Å². The molecule has 0 saturated carbocycles. The summed E-state index contributed by atoms with van der Waals surface area (Å²) in [6.07, 6.45) is -2.05. The molecule has 2 aliphatic rings. The van der Waals surface area contributed by atoms with E-state index in [1.807, 2.05) is 36.4 Å². The van der Waals surface area contributed by atoms with Crippen LogP contribution in [0.4, 0.5) is 0 Å². The summed E-state index contributed by atoms with van der Waals surface area (Å²) in [4.78, 5) is 12.9. The van der Waals surface area contributed by atoms with Gasteiger partial charge in [0.2, 0.25) is 0 Å². The van der Waals surface area contributed by atoms with Crippen molar-refractivity contribution in [3.63, 3.8) is 0 Å². The molecule has 0 bridgehead atoms. The molecule has 2 aliphatic heterocycles. The molecule has 0 N–H and O–H groups in total. The van der Waals surface area contributed by atoms with Gasteiger partial charge in [-0.15, -0.1) is 0 Å². The molecule has 0 spiro atoms. The Hall–Kier alpha value is -1.83. The first-order chi connectivity index (χ1) is 14.1. The van der Waals surface area contributed by atoms with Crippen LogP contribution in [-0.4, -0.2) is 45.0 Å². The number of carbonyl (C=O) groups is 1. The Morgan fingerprint density at radius 3 is 1.93 bits per heavy atom. The van der Waals surface area contributed by atoms with Crippen LogP contribution in [0.15, 0.2) is 60.7 Å². The number of hydrogen-bond acceptors (Lipinski definition) is 5. The summed E-state index contributed by atoms with van der Waals surface area (Å²) in [6.45, 7) is 10.4. The van der Waals surface area contributed by atoms with E-state index in [0.29, 0.717) is 0 Å². The second kappa shape index (κ2) is 7.69. The molecule has 2 fully saturated rings. The lowest BCUT2D eigenvalue weighted by molar-refractivity contribution is -0.206. The summed E-state index contributed by atoms with van der Waals surface area (Å²) < 4.78 is 24.2. The molecule has 2 aromatic carbocycles. The average molecular weight is 427 g/mol. The van der Waals surface area contributed by atoms with Crippen LogP contribution in [0, 0.1) is 0 Å². The molecule has 2 unspecified atom stereocenters. The number of fused-ring (bicyclic) bond motifs is 1. The largest absolute Gasteiger partial charge is 0.404 e. The van der Waals surface area contributed by atoms with Gasteiger partial charge in [0.05, 0.1) is 6.61 Å². The fraction of sp³-hybridized carbons (Fsp3) is 0.458. The predicted molar refractivity (Wildman–Crippen MR) is 117 cm³/mol. The van der Waals surface area contributed by atoms with Gasteiger partial charge in [0.1, 0.15) is 6.10 Å². The second-order valence-electron chi connectivity index (χ2n) is 9.43. The number of Topliss-reactive ketones (excluding diaryl/α,β-unsaturated/α-hetero) is 1. The summed E-state index contributed by atoms with van der Waals surface area (Å²) in [5.74, 6) is -0.919. The first kappa shape index (κ1) is 21.4. The highest BCUT2D eigenvalue weighted by Crippen LogP contribution is 2.39. The second-order valence-corrected chi connectivity index (χ2v) is 13.7. The quantitative estimate of drug-likeness (QED) is 0.688. The molecule has 5 nitrogen and oxygen atoms in total. The smallest absolute Gasteiger partial charge is 0.261 e. The van der Waals surface area contributed by atoms with Gasteiger partial charge in [-0.25, -0.2) is 0 Å². The van der Waals surface area contributed by atoms with Crippen molar-refractivity contribution >= 4 is 24.5 Å². The van der Waals surface area contributed by atoms with E-state index in [9.17, 15) is 4.79 Å². The van der Waals surface area contributed by atoms with Gasteiger partial charge < -0.3 is 18.6 Å². The molecule has 0 radical (unpaired) electrons. The summed E-state index contributed by atoms with van der Waals surface area (Å²) in [5, 5.41) is 2.17. The molecule has 2 heterocycles.